The highest BCUT2D eigenvalue weighted by Crippen LogP contribution is 2.39. The highest BCUT2D eigenvalue weighted by molar-refractivity contribution is 6.76. The number of nitrogens with one attached hydrogen (secondary N) is 1. The van der Waals surface area contributed by atoms with E-state index in [0.717, 1.165) is 53.7 Å². The summed E-state index contributed by atoms with van der Waals surface area (Å²) < 4.78 is 15.6. The second-order valence-electron chi connectivity index (χ2n) is 11.9. The van der Waals surface area contributed by atoms with E-state index in [0.29, 0.717) is 35.8 Å². The second-order valence-corrected chi connectivity index (χ2v) is 17.5. The van der Waals surface area contributed by atoms with Crippen LogP contribution in [0.5, 0.6) is 5.75 Å². The van der Waals surface area contributed by atoms with Crippen LogP contribution >= 0.6 is 0 Å². The normalized spacial score (nSPS) is 14.2. The molecule has 40 heavy (non-hydrogen) atoms. The Morgan fingerprint density at radius 3 is 2.60 bits per heavy atom. The molecule has 4 aromatic rings. The van der Waals surface area contributed by atoms with Gasteiger partial charge >= 0.3 is 0 Å². The molecule has 1 fully saturated rings. The molecule has 3 aromatic heterocycles. The van der Waals surface area contributed by atoms with Gasteiger partial charge in [-0.15, -0.1) is 0 Å². The zero-order valence-electron chi connectivity index (χ0n) is 24.6. The second kappa shape index (κ2) is 11.1. The van der Waals surface area contributed by atoms with Crippen LogP contribution in [0.3, 0.4) is 0 Å². The predicted molar refractivity (Wildman–Crippen MR) is 164 cm³/mol. The number of anilines is 4. The summed E-state index contributed by atoms with van der Waals surface area (Å²) in [6, 6.07) is 7.54. The number of fused-ring (bicyclic) bond motifs is 1. The Bertz CT molecular complexity index is 1490. The van der Waals surface area contributed by atoms with E-state index in [1.807, 2.05) is 48.4 Å². The summed E-state index contributed by atoms with van der Waals surface area (Å²) in [5.41, 5.74) is 11.4. The van der Waals surface area contributed by atoms with Gasteiger partial charge in [-0.25, -0.2) is 4.98 Å². The highest BCUT2D eigenvalue weighted by Gasteiger charge is 2.30. The molecule has 0 spiro atoms. The van der Waals surface area contributed by atoms with Gasteiger partial charge < -0.3 is 34.9 Å². The van der Waals surface area contributed by atoms with Crippen molar-refractivity contribution in [1.29, 1.82) is 0 Å². The average Bonchev–Trinajstić information content (AvgIpc) is 3.47. The van der Waals surface area contributed by atoms with Gasteiger partial charge in [0.25, 0.3) is 0 Å². The summed E-state index contributed by atoms with van der Waals surface area (Å²) in [7, 11) is 6.59. The first kappa shape index (κ1) is 27.9. The lowest BCUT2D eigenvalue weighted by molar-refractivity contribution is 0.0899. The molecule has 0 radical (unpaired) electrons. The number of hydrogen-bond acceptors (Lipinski definition) is 9. The molecule has 0 saturated carbocycles. The fourth-order valence-corrected chi connectivity index (χ4v) is 5.51. The fourth-order valence-electron chi connectivity index (χ4n) is 4.76. The maximum Gasteiger partial charge on any atom is 0.229 e. The Morgan fingerprint density at radius 2 is 1.95 bits per heavy atom. The molecule has 214 valence electrons. The molecule has 1 saturated heterocycles. The molecule has 0 amide bonds. The molecule has 5 rings (SSSR count). The van der Waals surface area contributed by atoms with E-state index in [9.17, 15) is 0 Å². The van der Waals surface area contributed by atoms with Crippen molar-refractivity contribution >= 4 is 42.1 Å². The van der Waals surface area contributed by atoms with Gasteiger partial charge in [-0.3, -0.25) is 4.68 Å². The van der Waals surface area contributed by atoms with Crippen molar-refractivity contribution in [2.75, 3.05) is 56.9 Å². The monoisotopic (exact) mass is 563 g/mol. The summed E-state index contributed by atoms with van der Waals surface area (Å²) in [4.78, 5) is 14.3. The molecule has 0 bridgehead atoms. The zero-order valence-corrected chi connectivity index (χ0v) is 25.6. The molecule has 12 heteroatoms. The van der Waals surface area contributed by atoms with Crippen LogP contribution < -0.4 is 20.7 Å². The van der Waals surface area contributed by atoms with Crippen LogP contribution in [0.1, 0.15) is 0 Å². The number of likely N-dealkylation sites (N-methyl/N-ethyl adjacent to an activating group) is 1. The van der Waals surface area contributed by atoms with E-state index in [-0.39, 0.29) is 0 Å². The number of aryl methyl sites for hydroxylation is 1. The molecule has 0 unspecified atom stereocenters. The summed E-state index contributed by atoms with van der Waals surface area (Å²) in [6.45, 7) is 10.1. The Labute approximate surface area is 236 Å². The first-order valence-corrected chi connectivity index (χ1v) is 17.3. The first-order valence-electron chi connectivity index (χ1n) is 13.6. The Balaban J connectivity index is 1.46. The summed E-state index contributed by atoms with van der Waals surface area (Å²) in [5.74, 6) is 1.12. The van der Waals surface area contributed by atoms with Crippen molar-refractivity contribution in [3.8, 4) is 17.0 Å². The molecule has 11 nitrogen and oxygen atoms in total. The van der Waals surface area contributed by atoms with Crippen molar-refractivity contribution < 1.29 is 9.47 Å². The maximum atomic E-state index is 6.53. The first-order chi connectivity index (χ1) is 19.0. The van der Waals surface area contributed by atoms with Gasteiger partial charge in [0.15, 0.2) is 0 Å². The molecule has 4 heterocycles. The molecular weight excluding hydrogens is 522 g/mol. The van der Waals surface area contributed by atoms with E-state index >= 15 is 0 Å². The van der Waals surface area contributed by atoms with Gasteiger partial charge in [0.2, 0.25) is 5.95 Å². The lowest BCUT2D eigenvalue weighted by atomic mass is 10.1. The van der Waals surface area contributed by atoms with Crippen LogP contribution in [-0.4, -0.2) is 84.2 Å². The minimum atomic E-state index is -1.17. The van der Waals surface area contributed by atoms with Crippen LogP contribution in [0.2, 0.25) is 25.7 Å². The van der Waals surface area contributed by atoms with Crippen molar-refractivity contribution in [1.82, 2.24) is 29.2 Å². The third-order valence-corrected chi connectivity index (χ3v) is 9.06. The Morgan fingerprint density at radius 1 is 1.18 bits per heavy atom. The van der Waals surface area contributed by atoms with Crippen molar-refractivity contribution in [3.63, 3.8) is 0 Å². The number of rotatable bonds is 11. The Hall–Kier alpha value is -3.61. The average molecular weight is 564 g/mol. The molecular formula is C28H41N9O2Si. The Kier molecular flexibility index (Phi) is 7.75. The van der Waals surface area contributed by atoms with Crippen LogP contribution in [0.25, 0.3) is 22.3 Å². The van der Waals surface area contributed by atoms with E-state index in [4.69, 9.17) is 25.2 Å². The van der Waals surface area contributed by atoms with Crippen LogP contribution in [0.4, 0.5) is 23.0 Å². The van der Waals surface area contributed by atoms with E-state index in [2.05, 4.69) is 54.0 Å². The molecule has 1 aliphatic rings. The van der Waals surface area contributed by atoms with Crippen LogP contribution in [-0.2, 0) is 18.5 Å². The number of nitrogen functional groups attached to an aromatic ring is 1. The van der Waals surface area contributed by atoms with Crippen LogP contribution in [0, 0.1) is 0 Å². The maximum absolute atomic E-state index is 6.53. The highest BCUT2D eigenvalue weighted by atomic mass is 28.3. The lowest BCUT2D eigenvalue weighted by Crippen LogP contribution is -2.57. The van der Waals surface area contributed by atoms with E-state index in [1.165, 1.54) is 0 Å². The largest absolute Gasteiger partial charge is 0.494 e. The van der Waals surface area contributed by atoms with Crippen molar-refractivity contribution in [3.05, 3.63) is 36.8 Å². The van der Waals surface area contributed by atoms with Gasteiger partial charge in [0.05, 0.1) is 36.1 Å². The summed E-state index contributed by atoms with van der Waals surface area (Å²) in [5, 5.41) is 8.67. The third-order valence-electron chi connectivity index (χ3n) is 7.35. The molecule has 3 N–H and O–H groups in total. The van der Waals surface area contributed by atoms with Gasteiger partial charge in [-0.05, 0) is 32.3 Å². The quantitative estimate of drug-likeness (QED) is 0.157. The molecule has 0 atom stereocenters. The van der Waals surface area contributed by atoms with E-state index < -0.39 is 8.07 Å². The zero-order chi connectivity index (χ0) is 28.6. The number of hydrogen-bond donors (Lipinski definition) is 2. The standard InChI is InChI=1S/C28H41N9O2Si/c1-34(2)20-16-37(17-20)24-13-25(38-4)23(12-22(24)29)31-28-32-26(19-14-30-35(3)15-19)21-8-9-36(27(21)33-28)18-39-10-11-40(5,6)7/h8-9,12-15,20H,10-11,16-18,29H2,1-7H3,(H,31,32,33). The number of ether oxygens (including phenoxy) is 2. The molecule has 1 aliphatic heterocycles. The minimum Gasteiger partial charge on any atom is -0.494 e. The predicted octanol–water partition coefficient (Wildman–Crippen LogP) is 4.23. The summed E-state index contributed by atoms with van der Waals surface area (Å²) >= 11 is 0. The number of benzene rings is 1. The van der Waals surface area contributed by atoms with Gasteiger partial charge in [0, 0.05) is 70.3 Å². The van der Waals surface area contributed by atoms with E-state index in [1.54, 1.807) is 11.8 Å². The van der Waals surface area contributed by atoms with Gasteiger partial charge in [-0.2, -0.15) is 10.1 Å². The lowest BCUT2D eigenvalue weighted by Gasteiger charge is -2.44. The number of nitrogens with two attached hydrogens (primary N) is 1. The topological polar surface area (TPSA) is 112 Å². The van der Waals surface area contributed by atoms with Crippen molar-refractivity contribution in [2.45, 2.75) is 38.5 Å². The van der Waals surface area contributed by atoms with Gasteiger partial charge in [-0.1, -0.05) is 19.6 Å². The van der Waals surface area contributed by atoms with Crippen LogP contribution in [0.15, 0.2) is 36.8 Å². The summed E-state index contributed by atoms with van der Waals surface area (Å²) in [6.07, 6.45) is 5.77. The number of aromatic nitrogens is 5. The minimum absolute atomic E-state index is 0.422. The smallest absolute Gasteiger partial charge is 0.229 e. The molecule has 1 aromatic carbocycles. The number of methoxy groups -OCH3 is 1. The SMILES string of the molecule is COc1cc(N2CC(N(C)C)C2)c(N)cc1Nc1nc(-c2cnn(C)c2)c2ccn(COCC[Si](C)(C)C)c2n1. The third kappa shape index (κ3) is 5.93. The molecule has 0 aliphatic carbocycles. The van der Waals surface area contributed by atoms with Gasteiger partial charge in [0.1, 0.15) is 18.1 Å². The number of nitrogens with zero attached hydrogens (tertiary/aromatic N) is 7. The fraction of sp³-hybridized carbons (Fsp3) is 0.464. The van der Waals surface area contributed by atoms with Crippen molar-refractivity contribution in [2.24, 2.45) is 7.05 Å².